The third-order valence-corrected chi connectivity index (χ3v) is 13.4. The summed E-state index contributed by atoms with van der Waals surface area (Å²) in [5.74, 6) is 0. The number of ether oxygens (including phenoxy) is 3. The van der Waals surface area contributed by atoms with Crippen LogP contribution in [-0.2, 0) is 68.7 Å². The number of nitrogens with two attached hydrogens (primary N) is 1. The number of hydrogen-bond donors (Lipinski definition) is 5. The van der Waals surface area contributed by atoms with Crippen LogP contribution in [0.25, 0.3) is 11.0 Å². The van der Waals surface area contributed by atoms with Gasteiger partial charge in [0.05, 0.1) is 55.1 Å². The van der Waals surface area contributed by atoms with Crippen molar-refractivity contribution in [1.29, 1.82) is 0 Å². The molecule has 0 spiro atoms. The molecule has 4 heterocycles. The first-order valence-corrected chi connectivity index (χ1v) is 23.9. The van der Waals surface area contributed by atoms with Crippen molar-refractivity contribution < 1.29 is 93.2 Å². The number of nitro groups is 1. The summed E-state index contributed by atoms with van der Waals surface area (Å²) in [6.45, 7) is 1.23. The fraction of sp³-hybridized carbons (Fsp3) is 0.750. The van der Waals surface area contributed by atoms with Gasteiger partial charge in [-0.3, -0.25) is 50.9 Å². The number of benzene rings is 1. The van der Waals surface area contributed by atoms with Gasteiger partial charge in [-0.05, 0) is 31.7 Å². The van der Waals surface area contributed by atoms with E-state index in [1.807, 2.05) is 0 Å². The Bertz CT molecular complexity index is 1980. The molecule has 3 saturated heterocycles. The topological polar surface area (TPSA) is 338 Å². The van der Waals surface area contributed by atoms with E-state index in [1.54, 1.807) is 13.8 Å². The summed E-state index contributed by atoms with van der Waals surface area (Å²) in [5.41, 5.74) is 5.63. The van der Waals surface area contributed by atoms with E-state index in [9.17, 15) is 47.9 Å². The van der Waals surface area contributed by atoms with Crippen LogP contribution in [0.3, 0.4) is 0 Å². The van der Waals surface area contributed by atoms with Crippen molar-refractivity contribution in [2.75, 3.05) is 32.7 Å². The molecule has 5 rings (SSSR count). The van der Waals surface area contributed by atoms with Gasteiger partial charge in [0.25, 0.3) is 5.69 Å². The molecular weight excluding hydrogens is 874 g/mol. The lowest BCUT2D eigenvalue weighted by Gasteiger charge is -2.26. The lowest BCUT2D eigenvalue weighted by Crippen LogP contribution is -2.31. The Balaban J connectivity index is 1.32. The molecule has 3 aliphatic heterocycles. The van der Waals surface area contributed by atoms with Gasteiger partial charge in [0.15, 0.2) is 5.52 Å². The van der Waals surface area contributed by atoms with Crippen molar-refractivity contribution in [1.82, 2.24) is 9.55 Å². The zero-order chi connectivity index (χ0) is 43.5. The van der Waals surface area contributed by atoms with Gasteiger partial charge in [-0.15, -0.1) is 0 Å². The predicted octanol–water partition coefficient (Wildman–Crippen LogP) is 2.84. The van der Waals surface area contributed by atoms with E-state index in [0.29, 0.717) is 12.8 Å². The molecular formula is C28H44B2N4O21P4. The molecule has 0 amide bonds. The van der Waals surface area contributed by atoms with E-state index in [2.05, 4.69) is 9.51 Å². The summed E-state index contributed by atoms with van der Waals surface area (Å²) >= 11 is 0. The van der Waals surface area contributed by atoms with Crippen LogP contribution in [0.2, 0.25) is 0 Å². The molecule has 13 unspecified atom stereocenters. The molecule has 13 atom stereocenters. The van der Waals surface area contributed by atoms with E-state index in [4.69, 9.17) is 67.3 Å². The van der Waals surface area contributed by atoms with E-state index in [0.717, 1.165) is 13.2 Å². The quantitative estimate of drug-likeness (QED) is 0.0373. The van der Waals surface area contributed by atoms with Gasteiger partial charge in [0, 0.05) is 31.6 Å². The van der Waals surface area contributed by atoms with Crippen molar-refractivity contribution in [2.24, 2.45) is 0 Å². The van der Waals surface area contributed by atoms with E-state index < -0.39 is 123 Å². The number of phosphoric ester groups is 4. The Morgan fingerprint density at radius 3 is 1.80 bits per heavy atom. The largest absolute Gasteiger partial charge is 0.472 e. The Kier molecular flexibility index (Phi) is 16.2. The summed E-state index contributed by atoms with van der Waals surface area (Å²) in [6.07, 6.45) is -8.52. The van der Waals surface area contributed by atoms with Crippen LogP contribution in [0.5, 0.6) is 0 Å². The van der Waals surface area contributed by atoms with E-state index >= 15 is 0 Å². The molecule has 1 aromatic carbocycles. The minimum Gasteiger partial charge on any atom is -0.397 e. The minimum absolute atomic E-state index is 0.0345. The normalized spacial score (nSPS) is 31.6. The van der Waals surface area contributed by atoms with Gasteiger partial charge >= 0.3 is 31.3 Å². The van der Waals surface area contributed by atoms with Crippen LogP contribution >= 0.6 is 31.3 Å². The zero-order valence-electron chi connectivity index (χ0n) is 31.8. The van der Waals surface area contributed by atoms with Crippen LogP contribution in [0, 0.1) is 10.1 Å². The standard InChI is InChI=1S/C28H44B2N4O21P4/c1-4-15(5-2)52-59(43,44)55-19-9-25(30)50-22(19)12-47-58(41,42)54-20-10-26(33-14-32-27-16(31)6-7-17(28(27)33)34(35)36)51-23(20)13-48-57(39,40)53-18-8-24(29)49-21(18)11-46-56(37,38)45-3/h6-7,14-15,18-26H,4-5,8-13,31H2,1-3H3,(H,37,38)(H,39,40)(H,41,42)(H,43,44). The van der Waals surface area contributed by atoms with Gasteiger partial charge in [-0.1, -0.05) is 13.8 Å². The molecule has 6 N–H and O–H groups in total. The fourth-order valence-corrected chi connectivity index (χ4v) is 10.1. The average Bonchev–Trinajstić information content (AvgIpc) is 3.93. The highest BCUT2D eigenvalue weighted by Gasteiger charge is 2.47. The van der Waals surface area contributed by atoms with Crippen LogP contribution < -0.4 is 5.73 Å². The first-order chi connectivity index (χ1) is 27.5. The van der Waals surface area contributed by atoms with E-state index in [-0.39, 0.29) is 36.0 Å². The third-order valence-electron chi connectivity index (χ3n) is 9.31. The number of fused-ring (bicyclic) bond motifs is 1. The summed E-state index contributed by atoms with van der Waals surface area (Å²) in [5, 5.41) is 11.9. The van der Waals surface area contributed by atoms with Crippen LogP contribution in [0.15, 0.2) is 18.5 Å². The molecule has 328 valence electrons. The second-order valence-corrected chi connectivity index (χ2v) is 19.2. The molecule has 4 radical (unpaired) electrons. The van der Waals surface area contributed by atoms with Crippen molar-refractivity contribution in [3.8, 4) is 0 Å². The summed E-state index contributed by atoms with van der Waals surface area (Å²) in [7, 11) is -6.81. The third kappa shape index (κ3) is 13.0. The molecule has 1 aromatic heterocycles. The number of anilines is 1. The molecule has 2 aromatic rings. The second kappa shape index (κ2) is 19.8. The highest BCUT2D eigenvalue weighted by molar-refractivity contribution is 7.48. The Labute approximate surface area is 339 Å². The fourth-order valence-electron chi connectivity index (χ4n) is 6.44. The number of nitrogen functional groups attached to an aromatic ring is 1. The monoisotopic (exact) mass is 918 g/mol. The smallest absolute Gasteiger partial charge is 0.397 e. The molecule has 25 nitrogen and oxygen atoms in total. The Hall–Kier alpha value is -1.66. The predicted molar refractivity (Wildman–Crippen MR) is 202 cm³/mol. The minimum atomic E-state index is -5.16. The highest BCUT2D eigenvalue weighted by atomic mass is 31.2. The Morgan fingerprint density at radius 2 is 1.31 bits per heavy atom. The number of phosphoric acid groups is 4. The molecule has 3 fully saturated rings. The van der Waals surface area contributed by atoms with Crippen LogP contribution in [0.1, 0.15) is 52.2 Å². The molecule has 0 aliphatic carbocycles. The number of nitro benzene ring substituents is 1. The number of hydrogen-bond acceptors (Lipinski definition) is 19. The van der Waals surface area contributed by atoms with Gasteiger partial charge in [-0.25, -0.2) is 23.2 Å². The molecule has 31 heteroatoms. The summed E-state index contributed by atoms with van der Waals surface area (Å²) in [6, 6.07) is 0.378. The Morgan fingerprint density at radius 1 is 0.831 bits per heavy atom. The number of non-ortho nitro benzene ring substituents is 1. The van der Waals surface area contributed by atoms with Crippen LogP contribution in [0.4, 0.5) is 11.4 Å². The summed E-state index contributed by atoms with van der Waals surface area (Å²) in [4.78, 5) is 56.9. The van der Waals surface area contributed by atoms with Gasteiger partial charge in [0.2, 0.25) is 0 Å². The van der Waals surface area contributed by atoms with Gasteiger partial charge < -0.3 is 39.5 Å². The van der Waals surface area contributed by atoms with Crippen molar-refractivity contribution in [2.45, 2.75) is 107 Å². The number of imidazole rings is 1. The molecule has 59 heavy (non-hydrogen) atoms. The maximum atomic E-state index is 13.4. The first-order valence-electron chi connectivity index (χ1n) is 18.0. The van der Waals surface area contributed by atoms with Gasteiger partial charge in [0.1, 0.15) is 51.9 Å². The van der Waals surface area contributed by atoms with Crippen LogP contribution in [-0.4, -0.2) is 131 Å². The lowest BCUT2D eigenvalue weighted by molar-refractivity contribution is -0.383. The maximum absolute atomic E-state index is 13.4. The average molecular weight is 918 g/mol. The van der Waals surface area contributed by atoms with Crippen molar-refractivity contribution in [3.05, 3.63) is 28.6 Å². The van der Waals surface area contributed by atoms with Gasteiger partial charge in [-0.2, -0.15) is 0 Å². The second-order valence-electron chi connectivity index (χ2n) is 13.5. The number of aromatic nitrogens is 2. The highest BCUT2D eigenvalue weighted by Crippen LogP contribution is 2.53. The molecule has 3 aliphatic rings. The maximum Gasteiger partial charge on any atom is 0.472 e. The zero-order valence-corrected chi connectivity index (χ0v) is 35.3. The van der Waals surface area contributed by atoms with E-state index in [1.165, 1.54) is 17.0 Å². The van der Waals surface area contributed by atoms with Crippen molar-refractivity contribution in [3.63, 3.8) is 0 Å². The molecule has 0 saturated carbocycles. The summed E-state index contributed by atoms with van der Waals surface area (Å²) < 4.78 is 110. The molecule has 0 bridgehead atoms. The first kappa shape index (κ1) is 48.4. The number of rotatable bonds is 22. The van der Waals surface area contributed by atoms with Crippen molar-refractivity contribution >= 4 is 69.4 Å². The number of nitrogens with zero attached hydrogens (tertiary/aromatic N) is 3. The lowest BCUT2D eigenvalue weighted by atomic mass is 9.96. The SMILES string of the molecule is [B]C1CC(OP(=O)(O)OCC2OC(n3cnc4c(N)ccc([N+](=O)[O-])c43)CC2OP(=O)(O)OCC2OC([B])CC2OP(=O)(O)OC(CC)CC)C(COP(=O)(O)OC)O1.